The molecule has 6 rings (SSSR count). The number of hydrogen-bond donors (Lipinski definition) is 2. The van der Waals surface area contributed by atoms with Crippen molar-refractivity contribution < 1.29 is 19.0 Å². The van der Waals surface area contributed by atoms with Crippen molar-refractivity contribution in [2.45, 2.75) is 45.3 Å². The molecule has 0 spiro atoms. The van der Waals surface area contributed by atoms with E-state index in [1.54, 1.807) is 47.0 Å². The SMILES string of the molecule is COc1cc2ncnc(Nc3ccc(Oc4ccn5ncnc5c4)c(Cl)c3)c2cc1NC1CCN(C(=O)OC(C)(C)C)CC1. The van der Waals surface area contributed by atoms with Gasteiger partial charge in [0, 0.05) is 48.5 Å². The smallest absolute Gasteiger partial charge is 0.410 e. The van der Waals surface area contributed by atoms with Crippen LogP contribution in [-0.4, -0.2) is 67.4 Å². The quantitative estimate of drug-likeness (QED) is 0.204. The Morgan fingerprint density at radius 1 is 1.00 bits per heavy atom. The number of rotatable bonds is 7. The molecule has 12 nitrogen and oxygen atoms in total. The maximum absolute atomic E-state index is 12.5. The average molecular weight is 617 g/mol. The number of aromatic nitrogens is 5. The zero-order valence-corrected chi connectivity index (χ0v) is 25.6. The van der Waals surface area contributed by atoms with E-state index in [0.717, 1.165) is 35.1 Å². The van der Waals surface area contributed by atoms with Crippen LogP contribution in [0.25, 0.3) is 16.6 Å². The zero-order chi connectivity index (χ0) is 30.8. The molecular formula is C31H33ClN8O4. The molecule has 1 aliphatic rings. The summed E-state index contributed by atoms with van der Waals surface area (Å²) in [6.45, 7) is 6.83. The van der Waals surface area contributed by atoms with Gasteiger partial charge in [-0.2, -0.15) is 5.10 Å². The molecule has 0 aliphatic carbocycles. The van der Waals surface area contributed by atoms with Crippen LogP contribution in [0.5, 0.6) is 17.2 Å². The molecule has 228 valence electrons. The maximum Gasteiger partial charge on any atom is 0.410 e. The number of carbonyl (C=O) groups is 1. The minimum absolute atomic E-state index is 0.151. The lowest BCUT2D eigenvalue weighted by Crippen LogP contribution is -2.44. The van der Waals surface area contributed by atoms with Crippen LogP contribution < -0.4 is 20.1 Å². The van der Waals surface area contributed by atoms with E-state index < -0.39 is 5.60 Å². The summed E-state index contributed by atoms with van der Waals surface area (Å²) in [5.41, 5.74) is 2.42. The molecule has 44 heavy (non-hydrogen) atoms. The molecule has 0 atom stereocenters. The second kappa shape index (κ2) is 12.0. The van der Waals surface area contributed by atoms with Gasteiger partial charge in [-0.25, -0.2) is 24.3 Å². The largest absolute Gasteiger partial charge is 0.495 e. The van der Waals surface area contributed by atoms with E-state index in [2.05, 4.69) is 30.7 Å². The van der Waals surface area contributed by atoms with Crippen molar-refractivity contribution in [1.29, 1.82) is 0 Å². The number of nitrogens with zero attached hydrogens (tertiary/aromatic N) is 6. The molecule has 0 bridgehead atoms. The Morgan fingerprint density at radius 2 is 1.82 bits per heavy atom. The average Bonchev–Trinajstić information content (AvgIpc) is 3.46. The lowest BCUT2D eigenvalue weighted by atomic mass is 10.0. The molecule has 1 aliphatic heterocycles. The molecule has 3 aromatic heterocycles. The number of carbonyl (C=O) groups excluding carboxylic acids is 1. The van der Waals surface area contributed by atoms with Gasteiger partial charge in [-0.3, -0.25) is 0 Å². The van der Waals surface area contributed by atoms with Gasteiger partial charge in [-0.15, -0.1) is 0 Å². The van der Waals surface area contributed by atoms with Crippen LogP contribution in [0, 0.1) is 0 Å². The number of halogens is 1. The minimum Gasteiger partial charge on any atom is -0.495 e. The van der Waals surface area contributed by atoms with Gasteiger partial charge >= 0.3 is 6.09 Å². The fraction of sp³-hybridized carbons (Fsp3) is 0.323. The fourth-order valence-electron chi connectivity index (χ4n) is 5.00. The van der Waals surface area contributed by atoms with Crippen LogP contribution in [0.15, 0.2) is 61.3 Å². The van der Waals surface area contributed by atoms with E-state index in [1.807, 2.05) is 39.0 Å². The molecule has 5 aromatic rings. The van der Waals surface area contributed by atoms with Gasteiger partial charge in [0.05, 0.1) is 23.3 Å². The lowest BCUT2D eigenvalue weighted by molar-refractivity contribution is 0.0210. The van der Waals surface area contributed by atoms with E-state index in [9.17, 15) is 4.79 Å². The van der Waals surface area contributed by atoms with Gasteiger partial charge in [0.25, 0.3) is 0 Å². The molecule has 1 amide bonds. The Hall–Kier alpha value is -4.84. The van der Waals surface area contributed by atoms with Gasteiger partial charge < -0.3 is 29.7 Å². The van der Waals surface area contributed by atoms with Crippen molar-refractivity contribution in [2.75, 3.05) is 30.8 Å². The molecule has 2 aromatic carbocycles. The summed E-state index contributed by atoms with van der Waals surface area (Å²) in [5, 5.41) is 12.3. The predicted octanol–water partition coefficient (Wildman–Crippen LogP) is 6.68. The van der Waals surface area contributed by atoms with Crippen molar-refractivity contribution in [3.63, 3.8) is 0 Å². The Kier molecular flexibility index (Phi) is 8.00. The highest BCUT2D eigenvalue weighted by atomic mass is 35.5. The summed E-state index contributed by atoms with van der Waals surface area (Å²) < 4.78 is 18.9. The Bertz CT molecular complexity index is 1810. The molecule has 2 N–H and O–H groups in total. The lowest BCUT2D eigenvalue weighted by Gasteiger charge is -2.34. The summed E-state index contributed by atoms with van der Waals surface area (Å²) >= 11 is 6.61. The monoisotopic (exact) mass is 616 g/mol. The van der Waals surface area contributed by atoms with Crippen LogP contribution in [0.3, 0.4) is 0 Å². The van der Waals surface area contributed by atoms with Crippen molar-refractivity contribution in [3.8, 4) is 17.2 Å². The molecule has 1 fully saturated rings. The fourth-order valence-corrected chi connectivity index (χ4v) is 5.22. The predicted molar refractivity (Wildman–Crippen MR) is 168 cm³/mol. The summed E-state index contributed by atoms with van der Waals surface area (Å²) in [6, 6.07) is 13.0. The van der Waals surface area contributed by atoms with E-state index in [0.29, 0.717) is 46.8 Å². The number of anilines is 3. The van der Waals surface area contributed by atoms with E-state index in [4.69, 9.17) is 25.8 Å². The standard InChI is InChI=1S/C31H33ClN8O4/c1-31(2,3)44-30(41)39-10-7-19(8-11-39)37-25-15-22-24(16-27(25)42-4)33-17-35-29(22)38-20-5-6-26(23(32)13-20)43-21-9-12-40-28(14-21)34-18-36-40/h5-6,9,12-19,37H,7-8,10-11H2,1-4H3,(H,33,35,38). The topological polar surface area (TPSA) is 128 Å². The molecule has 0 radical (unpaired) electrons. The first-order valence-electron chi connectivity index (χ1n) is 14.3. The number of likely N-dealkylation sites (tertiary alicyclic amines) is 1. The summed E-state index contributed by atoms with van der Waals surface area (Å²) in [7, 11) is 1.63. The second-order valence-electron chi connectivity index (χ2n) is 11.5. The highest BCUT2D eigenvalue weighted by Gasteiger charge is 2.27. The maximum atomic E-state index is 12.5. The third-order valence-electron chi connectivity index (χ3n) is 7.14. The van der Waals surface area contributed by atoms with Crippen LogP contribution in [0.2, 0.25) is 5.02 Å². The van der Waals surface area contributed by atoms with Crippen molar-refractivity contribution in [3.05, 3.63) is 66.3 Å². The number of piperidine rings is 1. The number of nitrogens with one attached hydrogen (secondary N) is 2. The number of methoxy groups -OCH3 is 1. The first kappa shape index (κ1) is 29.2. The van der Waals surface area contributed by atoms with Crippen molar-refractivity contribution in [2.24, 2.45) is 0 Å². The highest BCUT2D eigenvalue weighted by Crippen LogP contribution is 2.36. The van der Waals surface area contributed by atoms with E-state index in [1.165, 1.54) is 12.7 Å². The first-order valence-corrected chi connectivity index (χ1v) is 14.6. The van der Waals surface area contributed by atoms with Crippen molar-refractivity contribution in [1.82, 2.24) is 29.5 Å². The van der Waals surface area contributed by atoms with Crippen LogP contribution in [0.1, 0.15) is 33.6 Å². The highest BCUT2D eigenvalue weighted by molar-refractivity contribution is 6.32. The molecule has 0 saturated carbocycles. The summed E-state index contributed by atoms with van der Waals surface area (Å²) in [4.78, 5) is 27.4. The van der Waals surface area contributed by atoms with Gasteiger partial charge in [0.2, 0.25) is 0 Å². The number of fused-ring (bicyclic) bond motifs is 2. The minimum atomic E-state index is -0.520. The number of pyridine rings is 1. The van der Waals surface area contributed by atoms with Crippen LogP contribution in [-0.2, 0) is 4.74 Å². The van der Waals surface area contributed by atoms with Gasteiger partial charge in [0.15, 0.2) is 5.65 Å². The Labute approximate surface area is 259 Å². The van der Waals surface area contributed by atoms with Crippen LogP contribution in [0.4, 0.5) is 22.0 Å². The van der Waals surface area contributed by atoms with Crippen molar-refractivity contribution >= 4 is 51.4 Å². The van der Waals surface area contributed by atoms with E-state index in [-0.39, 0.29) is 12.1 Å². The molecule has 4 heterocycles. The second-order valence-corrected chi connectivity index (χ2v) is 11.9. The molecule has 1 saturated heterocycles. The summed E-state index contributed by atoms with van der Waals surface area (Å²) in [5.74, 6) is 2.38. The zero-order valence-electron chi connectivity index (χ0n) is 24.9. The Balaban J connectivity index is 1.17. The van der Waals surface area contributed by atoms with Crippen LogP contribution >= 0.6 is 11.6 Å². The Morgan fingerprint density at radius 3 is 2.57 bits per heavy atom. The van der Waals surface area contributed by atoms with E-state index >= 15 is 0 Å². The third kappa shape index (κ3) is 6.55. The van der Waals surface area contributed by atoms with Gasteiger partial charge in [-0.1, -0.05) is 11.6 Å². The number of amides is 1. The van der Waals surface area contributed by atoms with Gasteiger partial charge in [0.1, 0.15) is 41.3 Å². The molecule has 13 heteroatoms. The molecular weight excluding hydrogens is 584 g/mol. The third-order valence-corrected chi connectivity index (χ3v) is 7.43. The normalized spacial score (nSPS) is 14.1. The van der Waals surface area contributed by atoms with Gasteiger partial charge in [-0.05, 0) is 63.9 Å². The number of hydrogen-bond acceptors (Lipinski definition) is 10. The summed E-state index contributed by atoms with van der Waals surface area (Å²) in [6.07, 6.45) is 6.03. The number of ether oxygens (including phenoxy) is 3. The molecule has 0 unspecified atom stereocenters. The first-order chi connectivity index (χ1) is 21.1. The number of benzene rings is 2.